The van der Waals surface area contributed by atoms with Gasteiger partial charge in [-0.15, -0.1) is 24.8 Å². The molecule has 1 fully saturated rings. The van der Waals surface area contributed by atoms with Gasteiger partial charge in [-0.2, -0.15) is 0 Å². The Hall–Kier alpha value is -0.680. The summed E-state index contributed by atoms with van der Waals surface area (Å²) < 4.78 is 0. The van der Waals surface area contributed by atoms with E-state index in [0.29, 0.717) is 0 Å². The first-order valence-corrected chi connectivity index (χ1v) is 4.64. The van der Waals surface area contributed by atoms with Crippen LogP contribution in [0.3, 0.4) is 0 Å². The molecule has 5 nitrogen and oxygen atoms in total. The quantitative estimate of drug-likeness (QED) is 0.387. The van der Waals surface area contributed by atoms with Crippen molar-refractivity contribution in [3.05, 3.63) is 0 Å². The smallest absolute Gasteiger partial charge is 0.197 e. The second-order valence-electron chi connectivity index (χ2n) is 3.29. The summed E-state index contributed by atoms with van der Waals surface area (Å²) in [5.41, 5.74) is 5.14. The minimum Gasteiger partial charge on any atom is -0.370 e. The van der Waals surface area contributed by atoms with E-state index in [1.807, 2.05) is 4.90 Å². The van der Waals surface area contributed by atoms with E-state index in [9.17, 15) is 0 Å². The summed E-state index contributed by atoms with van der Waals surface area (Å²) in [6, 6.07) is 0. The van der Waals surface area contributed by atoms with Gasteiger partial charge in [0.25, 0.3) is 0 Å². The van der Waals surface area contributed by atoms with Gasteiger partial charge < -0.3 is 10.6 Å². The highest BCUT2D eigenvalue weighted by molar-refractivity contribution is 5.94. The fraction of sp³-hybridized carbons (Fsp3) is 0.750. The minimum absolute atomic E-state index is 0. The van der Waals surface area contributed by atoms with Crippen molar-refractivity contribution in [3.63, 3.8) is 0 Å². The highest BCUT2D eigenvalue weighted by atomic mass is 35.5. The molecule has 1 aliphatic rings. The lowest BCUT2D eigenvalue weighted by molar-refractivity contribution is 0.422. The van der Waals surface area contributed by atoms with Crippen LogP contribution in [0.2, 0.25) is 0 Å². The van der Waals surface area contributed by atoms with Gasteiger partial charge in [0.15, 0.2) is 11.9 Å². The molecule has 90 valence electrons. The van der Waals surface area contributed by atoms with Crippen LogP contribution in [0.1, 0.15) is 25.7 Å². The molecule has 1 rings (SSSR count). The second-order valence-corrected chi connectivity index (χ2v) is 3.29. The summed E-state index contributed by atoms with van der Waals surface area (Å²) in [5.74, 6) is 0.101. The molecule has 0 aromatic rings. The van der Waals surface area contributed by atoms with Crippen LogP contribution in [0, 0.1) is 10.8 Å². The van der Waals surface area contributed by atoms with E-state index < -0.39 is 0 Å². The van der Waals surface area contributed by atoms with Crippen molar-refractivity contribution in [2.24, 2.45) is 5.73 Å². The summed E-state index contributed by atoms with van der Waals surface area (Å²) in [6.45, 7) is 1.80. The predicted molar refractivity (Wildman–Crippen MR) is 67.3 cm³/mol. The first-order valence-electron chi connectivity index (χ1n) is 4.64. The van der Waals surface area contributed by atoms with Crippen LogP contribution in [-0.2, 0) is 0 Å². The molecule has 0 atom stereocenters. The Morgan fingerprint density at radius 2 is 1.47 bits per heavy atom. The lowest BCUT2D eigenvalue weighted by Crippen LogP contribution is -2.46. The molecule has 15 heavy (non-hydrogen) atoms. The number of hydrogen-bond donors (Lipinski definition) is 4. The number of hydrogen-bond acceptors (Lipinski definition) is 2. The van der Waals surface area contributed by atoms with E-state index in [4.69, 9.17) is 16.6 Å². The van der Waals surface area contributed by atoms with Crippen LogP contribution in [0.4, 0.5) is 0 Å². The van der Waals surface area contributed by atoms with E-state index in [0.717, 1.165) is 25.9 Å². The Morgan fingerprint density at radius 1 is 1.00 bits per heavy atom. The lowest BCUT2D eigenvalue weighted by Gasteiger charge is -2.22. The van der Waals surface area contributed by atoms with E-state index in [2.05, 4.69) is 5.32 Å². The number of nitrogens with one attached hydrogen (secondary N) is 3. The molecule has 0 aliphatic carbocycles. The van der Waals surface area contributed by atoms with Crippen molar-refractivity contribution >= 4 is 36.7 Å². The first-order chi connectivity index (χ1) is 6.20. The van der Waals surface area contributed by atoms with E-state index in [1.165, 1.54) is 12.8 Å². The first kappa shape index (κ1) is 16.7. The van der Waals surface area contributed by atoms with Gasteiger partial charge in [-0.05, 0) is 12.8 Å². The Bertz CT molecular complexity index is 201. The van der Waals surface area contributed by atoms with E-state index in [1.54, 1.807) is 0 Å². The van der Waals surface area contributed by atoms with Gasteiger partial charge in [0, 0.05) is 13.1 Å². The molecule has 0 aromatic heterocycles. The van der Waals surface area contributed by atoms with Crippen molar-refractivity contribution in [1.29, 1.82) is 10.8 Å². The maximum absolute atomic E-state index is 7.60. The molecule has 1 heterocycles. The third kappa shape index (κ3) is 6.41. The molecular formula is C8H19Cl2N5. The molecule has 0 saturated carbocycles. The second kappa shape index (κ2) is 8.61. The Kier molecular flexibility index (Phi) is 9.61. The minimum atomic E-state index is -0.158. The fourth-order valence-corrected chi connectivity index (χ4v) is 1.50. The molecule has 0 amide bonds. The van der Waals surface area contributed by atoms with Crippen LogP contribution < -0.4 is 11.1 Å². The van der Waals surface area contributed by atoms with Crippen molar-refractivity contribution < 1.29 is 0 Å². The third-order valence-electron chi connectivity index (χ3n) is 2.18. The molecular weight excluding hydrogens is 237 g/mol. The third-order valence-corrected chi connectivity index (χ3v) is 2.18. The molecule has 5 N–H and O–H groups in total. The summed E-state index contributed by atoms with van der Waals surface area (Å²) >= 11 is 0. The van der Waals surface area contributed by atoms with Crippen molar-refractivity contribution in [2.75, 3.05) is 13.1 Å². The summed E-state index contributed by atoms with van der Waals surface area (Å²) in [5, 5.41) is 17.1. The van der Waals surface area contributed by atoms with Crippen molar-refractivity contribution in [1.82, 2.24) is 10.2 Å². The van der Waals surface area contributed by atoms with Gasteiger partial charge in [-0.25, -0.2) is 0 Å². The van der Waals surface area contributed by atoms with Crippen LogP contribution in [-0.4, -0.2) is 29.9 Å². The monoisotopic (exact) mass is 255 g/mol. The lowest BCUT2D eigenvalue weighted by atomic mass is 10.2. The maximum Gasteiger partial charge on any atom is 0.197 e. The number of halogens is 2. The molecule has 1 aliphatic heterocycles. The van der Waals surface area contributed by atoms with Gasteiger partial charge in [-0.1, -0.05) is 12.8 Å². The van der Waals surface area contributed by atoms with Gasteiger partial charge >= 0.3 is 0 Å². The number of nitrogens with two attached hydrogens (primary N) is 1. The zero-order chi connectivity index (χ0) is 9.68. The summed E-state index contributed by atoms with van der Waals surface area (Å²) in [7, 11) is 0. The zero-order valence-corrected chi connectivity index (χ0v) is 10.2. The predicted octanol–water partition coefficient (Wildman–Crippen LogP) is 1.12. The van der Waals surface area contributed by atoms with Gasteiger partial charge in [0.2, 0.25) is 0 Å². The maximum atomic E-state index is 7.60. The number of likely N-dealkylation sites (tertiary alicyclic amines) is 1. The highest BCUT2D eigenvalue weighted by Gasteiger charge is 2.12. The molecule has 0 aromatic carbocycles. The number of nitrogens with zero attached hydrogens (tertiary/aromatic N) is 1. The highest BCUT2D eigenvalue weighted by Crippen LogP contribution is 2.08. The average molecular weight is 256 g/mol. The average Bonchev–Trinajstić information content (AvgIpc) is 2.29. The molecule has 1 saturated heterocycles. The van der Waals surface area contributed by atoms with Crippen molar-refractivity contribution in [3.8, 4) is 0 Å². The summed E-state index contributed by atoms with van der Waals surface area (Å²) in [6.07, 6.45) is 4.73. The normalized spacial score (nSPS) is 15.3. The molecule has 0 bridgehead atoms. The van der Waals surface area contributed by atoms with Crippen molar-refractivity contribution in [2.45, 2.75) is 25.7 Å². The summed E-state index contributed by atoms with van der Waals surface area (Å²) in [4.78, 5) is 1.94. The Labute approximate surface area is 103 Å². The van der Waals surface area contributed by atoms with E-state index in [-0.39, 0.29) is 36.7 Å². The largest absolute Gasteiger partial charge is 0.370 e. The number of guanidine groups is 2. The van der Waals surface area contributed by atoms with Gasteiger partial charge in [0.1, 0.15) is 0 Å². The molecule has 0 radical (unpaired) electrons. The van der Waals surface area contributed by atoms with E-state index >= 15 is 0 Å². The van der Waals surface area contributed by atoms with Crippen LogP contribution in [0.5, 0.6) is 0 Å². The molecule has 7 heteroatoms. The topological polar surface area (TPSA) is 89.0 Å². The van der Waals surface area contributed by atoms with Crippen LogP contribution in [0.25, 0.3) is 0 Å². The Morgan fingerprint density at radius 3 is 1.87 bits per heavy atom. The molecule has 0 unspecified atom stereocenters. The van der Waals surface area contributed by atoms with Crippen LogP contribution >= 0.6 is 24.8 Å². The van der Waals surface area contributed by atoms with Gasteiger partial charge in [0.05, 0.1) is 0 Å². The fourth-order valence-electron chi connectivity index (χ4n) is 1.50. The van der Waals surface area contributed by atoms with Crippen LogP contribution in [0.15, 0.2) is 0 Å². The molecule has 0 spiro atoms. The number of rotatable bonds is 0. The van der Waals surface area contributed by atoms with Gasteiger partial charge in [-0.3, -0.25) is 16.1 Å². The standard InChI is InChI=1S/C8H17N5.2ClH/c9-7(10)12-8(11)13-5-3-1-2-4-6-13;;/h1-6H2,(H5,9,10,11,12);2*1H. The SMILES string of the molecule is Cl.Cl.N=C(N)NC(=N)N1CCCCCC1. The Balaban J connectivity index is 0. The zero-order valence-electron chi connectivity index (χ0n) is 8.58.